The summed E-state index contributed by atoms with van der Waals surface area (Å²) in [5.41, 5.74) is 0.948. The number of rotatable bonds is 4. The summed E-state index contributed by atoms with van der Waals surface area (Å²) in [7, 11) is 0. The van der Waals surface area contributed by atoms with Crippen molar-refractivity contribution in [3.63, 3.8) is 0 Å². The molecule has 1 aliphatic rings. The topological polar surface area (TPSA) is 37.8 Å². The molecular formula is C13H20ClN3S. The van der Waals surface area contributed by atoms with Crippen LogP contribution in [0.15, 0.2) is 0 Å². The van der Waals surface area contributed by atoms with E-state index in [1.807, 2.05) is 18.7 Å². The molecule has 18 heavy (non-hydrogen) atoms. The SMILES string of the molecule is Cc1c(Cl)nc(C(C)C)nc1NCC1CCCS1. The molecule has 2 heterocycles. The maximum Gasteiger partial charge on any atom is 0.137 e. The molecule has 1 atom stereocenters. The van der Waals surface area contributed by atoms with Crippen LogP contribution in [-0.4, -0.2) is 27.5 Å². The zero-order chi connectivity index (χ0) is 13.1. The predicted octanol–water partition coefficient (Wildman–Crippen LogP) is 3.87. The number of nitrogens with one attached hydrogen (secondary N) is 1. The molecule has 1 aromatic rings. The van der Waals surface area contributed by atoms with Gasteiger partial charge in [-0.05, 0) is 25.5 Å². The maximum absolute atomic E-state index is 6.16. The zero-order valence-corrected chi connectivity index (χ0v) is 12.7. The van der Waals surface area contributed by atoms with E-state index in [0.717, 1.165) is 23.8 Å². The molecule has 0 bridgehead atoms. The van der Waals surface area contributed by atoms with E-state index in [1.54, 1.807) is 0 Å². The van der Waals surface area contributed by atoms with Crippen LogP contribution in [0.25, 0.3) is 0 Å². The number of halogens is 1. The monoisotopic (exact) mass is 285 g/mol. The van der Waals surface area contributed by atoms with Gasteiger partial charge < -0.3 is 5.32 Å². The lowest BCUT2D eigenvalue weighted by atomic mass is 10.2. The predicted molar refractivity (Wildman–Crippen MR) is 79.8 cm³/mol. The van der Waals surface area contributed by atoms with Gasteiger partial charge in [0, 0.05) is 23.3 Å². The van der Waals surface area contributed by atoms with E-state index >= 15 is 0 Å². The van der Waals surface area contributed by atoms with E-state index in [0.29, 0.717) is 16.3 Å². The molecule has 100 valence electrons. The van der Waals surface area contributed by atoms with Gasteiger partial charge in [-0.3, -0.25) is 0 Å². The highest BCUT2D eigenvalue weighted by molar-refractivity contribution is 8.00. The van der Waals surface area contributed by atoms with Gasteiger partial charge in [-0.2, -0.15) is 11.8 Å². The number of nitrogens with zero attached hydrogens (tertiary/aromatic N) is 2. The van der Waals surface area contributed by atoms with Crippen molar-refractivity contribution in [2.75, 3.05) is 17.6 Å². The second-order valence-electron chi connectivity index (χ2n) is 5.02. The molecule has 1 N–H and O–H groups in total. The fourth-order valence-corrected chi connectivity index (χ4v) is 3.33. The number of hydrogen-bond acceptors (Lipinski definition) is 4. The first-order chi connectivity index (χ1) is 8.58. The fraction of sp³-hybridized carbons (Fsp3) is 0.692. The van der Waals surface area contributed by atoms with Crippen molar-refractivity contribution in [2.24, 2.45) is 0 Å². The van der Waals surface area contributed by atoms with Crippen molar-refractivity contribution in [1.82, 2.24) is 9.97 Å². The molecule has 0 amide bonds. The van der Waals surface area contributed by atoms with Crippen LogP contribution >= 0.6 is 23.4 Å². The smallest absolute Gasteiger partial charge is 0.137 e. The van der Waals surface area contributed by atoms with E-state index in [1.165, 1.54) is 18.6 Å². The van der Waals surface area contributed by atoms with E-state index in [-0.39, 0.29) is 0 Å². The molecule has 1 saturated heterocycles. The molecule has 0 saturated carbocycles. The fourth-order valence-electron chi connectivity index (χ4n) is 1.95. The summed E-state index contributed by atoms with van der Waals surface area (Å²) in [5.74, 6) is 3.29. The Balaban J connectivity index is 2.10. The van der Waals surface area contributed by atoms with E-state index in [9.17, 15) is 0 Å². The van der Waals surface area contributed by atoms with Gasteiger partial charge in [0.15, 0.2) is 0 Å². The van der Waals surface area contributed by atoms with Gasteiger partial charge >= 0.3 is 0 Å². The van der Waals surface area contributed by atoms with Crippen LogP contribution in [0.1, 0.15) is 44.0 Å². The van der Waals surface area contributed by atoms with E-state index in [2.05, 4.69) is 29.1 Å². The second kappa shape index (κ2) is 6.11. The molecule has 2 rings (SSSR count). The van der Waals surface area contributed by atoms with Crippen LogP contribution in [0, 0.1) is 6.92 Å². The van der Waals surface area contributed by atoms with Crippen LogP contribution in [0.2, 0.25) is 5.15 Å². The lowest BCUT2D eigenvalue weighted by Crippen LogP contribution is -2.16. The molecule has 3 nitrogen and oxygen atoms in total. The Bertz CT molecular complexity index is 417. The number of hydrogen-bond donors (Lipinski definition) is 1. The van der Waals surface area contributed by atoms with Crippen molar-refractivity contribution in [1.29, 1.82) is 0 Å². The molecule has 0 aromatic carbocycles. The number of aromatic nitrogens is 2. The third kappa shape index (κ3) is 3.29. The molecule has 1 fully saturated rings. The molecular weight excluding hydrogens is 266 g/mol. The Morgan fingerprint density at radius 2 is 2.22 bits per heavy atom. The first kappa shape index (κ1) is 13.9. The Morgan fingerprint density at radius 1 is 1.44 bits per heavy atom. The van der Waals surface area contributed by atoms with Crippen LogP contribution in [0.3, 0.4) is 0 Å². The van der Waals surface area contributed by atoms with Crippen molar-refractivity contribution in [3.8, 4) is 0 Å². The molecule has 0 aliphatic carbocycles. The normalized spacial score (nSPS) is 19.5. The Hall–Kier alpha value is -0.480. The molecule has 1 aromatic heterocycles. The van der Waals surface area contributed by atoms with Gasteiger partial charge in [-0.1, -0.05) is 25.4 Å². The highest BCUT2D eigenvalue weighted by Crippen LogP contribution is 2.27. The highest BCUT2D eigenvalue weighted by atomic mass is 35.5. The average Bonchev–Trinajstić information content (AvgIpc) is 2.83. The molecule has 5 heteroatoms. The summed E-state index contributed by atoms with van der Waals surface area (Å²) in [5, 5.41) is 4.71. The third-order valence-electron chi connectivity index (χ3n) is 3.14. The summed E-state index contributed by atoms with van der Waals surface area (Å²) in [6.45, 7) is 7.10. The Morgan fingerprint density at radius 3 is 2.83 bits per heavy atom. The zero-order valence-electron chi connectivity index (χ0n) is 11.2. The summed E-state index contributed by atoms with van der Waals surface area (Å²) in [6, 6.07) is 0. The Kier molecular flexibility index (Phi) is 4.73. The van der Waals surface area contributed by atoms with E-state index < -0.39 is 0 Å². The van der Waals surface area contributed by atoms with Crippen LogP contribution in [-0.2, 0) is 0 Å². The standard InChI is InChI=1S/C13H20ClN3S/c1-8(2)12-16-11(14)9(3)13(17-12)15-7-10-5-4-6-18-10/h8,10H,4-7H2,1-3H3,(H,15,16,17). The quantitative estimate of drug-likeness (QED) is 0.852. The first-order valence-corrected chi connectivity index (χ1v) is 7.90. The third-order valence-corrected chi connectivity index (χ3v) is 4.91. The summed E-state index contributed by atoms with van der Waals surface area (Å²) < 4.78 is 0. The number of anilines is 1. The Labute approximate surface area is 118 Å². The van der Waals surface area contributed by atoms with Gasteiger partial charge in [0.05, 0.1) is 0 Å². The number of thioether (sulfide) groups is 1. The second-order valence-corrected chi connectivity index (χ2v) is 6.78. The lowest BCUT2D eigenvalue weighted by Gasteiger charge is -2.15. The van der Waals surface area contributed by atoms with Gasteiger partial charge in [-0.25, -0.2) is 9.97 Å². The largest absolute Gasteiger partial charge is 0.369 e. The summed E-state index contributed by atoms with van der Waals surface area (Å²) >= 11 is 8.21. The minimum absolute atomic E-state index is 0.296. The van der Waals surface area contributed by atoms with Gasteiger partial charge in [0.25, 0.3) is 0 Å². The van der Waals surface area contributed by atoms with E-state index in [4.69, 9.17) is 11.6 Å². The lowest BCUT2D eigenvalue weighted by molar-refractivity contribution is 0.765. The minimum Gasteiger partial charge on any atom is -0.369 e. The minimum atomic E-state index is 0.296. The van der Waals surface area contributed by atoms with Crippen LogP contribution < -0.4 is 5.32 Å². The first-order valence-electron chi connectivity index (χ1n) is 6.47. The highest BCUT2D eigenvalue weighted by Gasteiger charge is 2.17. The average molecular weight is 286 g/mol. The molecule has 1 aliphatic heterocycles. The van der Waals surface area contributed by atoms with Crippen molar-refractivity contribution in [3.05, 3.63) is 16.5 Å². The summed E-state index contributed by atoms with van der Waals surface area (Å²) in [4.78, 5) is 8.90. The molecule has 0 radical (unpaired) electrons. The van der Waals surface area contributed by atoms with Gasteiger partial charge in [0.2, 0.25) is 0 Å². The molecule has 0 spiro atoms. The van der Waals surface area contributed by atoms with Crippen LogP contribution in [0.5, 0.6) is 0 Å². The van der Waals surface area contributed by atoms with Gasteiger partial charge in [0.1, 0.15) is 16.8 Å². The van der Waals surface area contributed by atoms with Gasteiger partial charge in [-0.15, -0.1) is 0 Å². The maximum atomic E-state index is 6.16. The molecule has 1 unspecified atom stereocenters. The summed E-state index contributed by atoms with van der Waals surface area (Å²) in [6.07, 6.45) is 2.63. The van der Waals surface area contributed by atoms with Crippen LogP contribution in [0.4, 0.5) is 5.82 Å². The van der Waals surface area contributed by atoms with Crippen molar-refractivity contribution < 1.29 is 0 Å². The van der Waals surface area contributed by atoms with Crippen molar-refractivity contribution >= 4 is 29.2 Å². The van der Waals surface area contributed by atoms with Crippen molar-refractivity contribution in [2.45, 2.75) is 44.8 Å².